The molecular weight excluding hydrogens is 600 g/mol. The molecule has 3 aromatic carbocycles. The second kappa shape index (κ2) is 22.9. The molecule has 0 heterocycles. The minimum absolute atomic E-state index is 0.0216. The number of methoxy groups -OCH3 is 3. The topological polar surface area (TPSA) is 63.2 Å². The average Bonchev–Trinajstić information content (AvgIpc) is 3.14. The van der Waals surface area contributed by atoms with Gasteiger partial charge in [-0.05, 0) is 53.8 Å². The molecule has 0 saturated heterocycles. The summed E-state index contributed by atoms with van der Waals surface area (Å²) in [6.45, 7) is 2.55. The van der Waals surface area contributed by atoms with Crippen LogP contribution in [0.25, 0.3) is 0 Å². The molecule has 3 aromatic rings. The quantitative estimate of drug-likeness (QED) is 0.0391. The van der Waals surface area contributed by atoms with Crippen molar-refractivity contribution in [2.45, 2.75) is 102 Å². The summed E-state index contributed by atoms with van der Waals surface area (Å²) >= 11 is 0. The first kappa shape index (κ1) is 38.8. The van der Waals surface area contributed by atoms with E-state index in [4.69, 9.17) is 23.7 Å². The number of carbonyl (C=O) groups excluding carboxylic acids is 1. The van der Waals surface area contributed by atoms with E-state index < -0.39 is 17.7 Å². The highest BCUT2D eigenvalue weighted by atomic mass is 16.6. The van der Waals surface area contributed by atoms with E-state index in [9.17, 15) is 4.79 Å². The third-order valence-electron chi connectivity index (χ3n) is 8.87. The number of allylic oxidation sites excluding steroid dienone is 1. The highest BCUT2D eigenvalue weighted by molar-refractivity contribution is 5.74. The molecule has 262 valence electrons. The minimum atomic E-state index is -1.06. The molecule has 0 aromatic heterocycles. The van der Waals surface area contributed by atoms with Crippen LogP contribution in [0.3, 0.4) is 0 Å². The van der Waals surface area contributed by atoms with E-state index in [0.29, 0.717) is 6.61 Å². The number of benzene rings is 3. The average molecular weight is 659 g/mol. The van der Waals surface area contributed by atoms with Crippen molar-refractivity contribution in [1.82, 2.24) is 0 Å². The lowest BCUT2D eigenvalue weighted by molar-refractivity contribution is -0.160. The molecule has 0 amide bonds. The van der Waals surface area contributed by atoms with Gasteiger partial charge in [-0.2, -0.15) is 0 Å². The number of esters is 1. The maximum absolute atomic E-state index is 12.9. The van der Waals surface area contributed by atoms with Gasteiger partial charge < -0.3 is 23.7 Å². The number of carbonyl (C=O) groups is 1. The molecule has 0 fully saturated rings. The van der Waals surface area contributed by atoms with Crippen molar-refractivity contribution in [3.05, 3.63) is 108 Å². The first-order valence-corrected chi connectivity index (χ1v) is 17.9. The van der Waals surface area contributed by atoms with Gasteiger partial charge in [-0.25, -0.2) is 4.79 Å². The molecule has 0 aliphatic rings. The van der Waals surface area contributed by atoms with E-state index in [-0.39, 0.29) is 6.61 Å². The summed E-state index contributed by atoms with van der Waals surface area (Å²) in [6.07, 6.45) is 20.3. The van der Waals surface area contributed by atoms with Crippen LogP contribution in [0.15, 0.2) is 91.0 Å². The fourth-order valence-corrected chi connectivity index (χ4v) is 6.05. The Hall–Kier alpha value is -3.61. The van der Waals surface area contributed by atoms with Gasteiger partial charge in [0.25, 0.3) is 0 Å². The predicted molar refractivity (Wildman–Crippen MR) is 195 cm³/mol. The zero-order chi connectivity index (χ0) is 34.3. The van der Waals surface area contributed by atoms with Crippen LogP contribution < -0.4 is 9.47 Å². The van der Waals surface area contributed by atoms with Gasteiger partial charge in [-0.1, -0.05) is 144 Å². The molecule has 0 radical (unpaired) electrons. The highest BCUT2D eigenvalue weighted by Crippen LogP contribution is 2.42. The second-order valence-electron chi connectivity index (χ2n) is 12.3. The summed E-state index contributed by atoms with van der Waals surface area (Å²) in [5.74, 6) is 0.999. The lowest BCUT2D eigenvalue weighted by Gasteiger charge is -2.37. The van der Waals surface area contributed by atoms with Crippen LogP contribution in [0.4, 0.5) is 0 Å². The SMILES string of the molecule is CCCCCCCCCCCCCC/C=C/CO[C@@H](COC(c1ccccc1)(c1ccc(OC)cc1)c1ccc(OC)cc1)C(=O)OC. The normalized spacial score (nSPS) is 12.2. The van der Waals surface area contributed by atoms with Crippen LogP contribution in [-0.4, -0.2) is 46.6 Å². The molecule has 0 aliphatic carbocycles. The Kier molecular flexibility index (Phi) is 18.5. The molecular formula is C42H58O6. The molecule has 0 bridgehead atoms. The van der Waals surface area contributed by atoms with Gasteiger partial charge in [-0.15, -0.1) is 0 Å². The Morgan fingerprint density at radius 1 is 0.625 bits per heavy atom. The van der Waals surface area contributed by atoms with E-state index in [2.05, 4.69) is 13.0 Å². The van der Waals surface area contributed by atoms with Gasteiger partial charge >= 0.3 is 5.97 Å². The molecule has 3 rings (SSSR count). The monoisotopic (exact) mass is 658 g/mol. The zero-order valence-electron chi connectivity index (χ0n) is 29.8. The smallest absolute Gasteiger partial charge is 0.337 e. The maximum atomic E-state index is 12.9. The Balaban J connectivity index is 1.61. The molecule has 0 aliphatic heterocycles. The van der Waals surface area contributed by atoms with Crippen molar-refractivity contribution in [1.29, 1.82) is 0 Å². The zero-order valence-corrected chi connectivity index (χ0v) is 29.8. The number of hydrogen-bond acceptors (Lipinski definition) is 6. The van der Waals surface area contributed by atoms with Crippen LogP contribution in [-0.2, 0) is 24.6 Å². The van der Waals surface area contributed by atoms with Crippen molar-refractivity contribution in [3.63, 3.8) is 0 Å². The van der Waals surface area contributed by atoms with E-state index in [0.717, 1.165) is 34.6 Å². The van der Waals surface area contributed by atoms with Gasteiger partial charge in [0.05, 0.1) is 34.5 Å². The fourth-order valence-electron chi connectivity index (χ4n) is 6.05. The lowest BCUT2D eigenvalue weighted by Crippen LogP contribution is -2.39. The summed E-state index contributed by atoms with van der Waals surface area (Å²) < 4.78 is 28.9. The molecule has 0 unspecified atom stereocenters. The van der Waals surface area contributed by atoms with Gasteiger partial charge in [0, 0.05) is 0 Å². The number of rotatable bonds is 25. The fraction of sp³-hybridized carbons (Fsp3) is 0.500. The Morgan fingerprint density at radius 2 is 1.10 bits per heavy atom. The molecule has 48 heavy (non-hydrogen) atoms. The van der Waals surface area contributed by atoms with Crippen molar-refractivity contribution >= 4 is 5.97 Å². The molecule has 0 N–H and O–H groups in total. The van der Waals surface area contributed by atoms with Crippen LogP contribution in [0.1, 0.15) is 107 Å². The summed E-state index contributed by atoms with van der Waals surface area (Å²) in [6, 6.07) is 25.6. The minimum Gasteiger partial charge on any atom is -0.497 e. The number of unbranched alkanes of at least 4 members (excludes halogenated alkanes) is 12. The Bertz CT molecular complexity index is 1240. The second-order valence-corrected chi connectivity index (χ2v) is 12.3. The molecule has 0 saturated carbocycles. The standard InChI is InChI=1S/C42H58O6/c1-5-6-7-8-9-10-11-12-13-14-15-16-17-18-22-33-47-40(41(43)46-4)34-48-42(35-23-20-19-21-24-35,36-25-29-38(44-2)30-26-36)37-27-31-39(45-3)32-28-37/h18-32,40H,5-17,33-34H2,1-4H3/b22-18+/t40-/m0/s1. The largest absolute Gasteiger partial charge is 0.497 e. The molecule has 0 spiro atoms. The van der Waals surface area contributed by atoms with E-state index in [1.54, 1.807) is 14.2 Å². The van der Waals surface area contributed by atoms with Crippen molar-refractivity contribution in [3.8, 4) is 11.5 Å². The molecule has 6 nitrogen and oxygen atoms in total. The third kappa shape index (κ3) is 12.4. The van der Waals surface area contributed by atoms with Crippen molar-refractivity contribution in [2.24, 2.45) is 0 Å². The van der Waals surface area contributed by atoms with Gasteiger partial charge in [-0.3, -0.25) is 0 Å². The van der Waals surface area contributed by atoms with Crippen molar-refractivity contribution < 1.29 is 28.5 Å². The third-order valence-corrected chi connectivity index (χ3v) is 8.87. The Morgan fingerprint density at radius 3 is 1.58 bits per heavy atom. The summed E-state index contributed by atoms with van der Waals surface area (Å²) in [7, 11) is 4.66. The molecule has 6 heteroatoms. The van der Waals surface area contributed by atoms with Crippen molar-refractivity contribution in [2.75, 3.05) is 34.5 Å². The number of hydrogen-bond donors (Lipinski definition) is 0. The van der Waals surface area contributed by atoms with Crippen LogP contribution in [0, 0.1) is 0 Å². The van der Waals surface area contributed by atoms with Crippen LogP contribution in [0.5, 0.6) is 11.5 Å². The highest BCUT2D eigenvalue weighted by Gasteiger charge is 2.39. The summed E-state index contributed by atoms with van der Waals surface area (Å²) in [5.41, 5.74) is 1.61. The first-order chi connectivity index (χ1) is 23.6. The van der Waals surface area contributed by atoms with Crippen LogP contribution >= 0.6 is 0 Å². The van der Waals surface area contributed by atoms with Gasteiger partial charge in [0.1, 0.15) is 17.1 Å². The van der Waals surface area contributed by atoms with Gasteiger partial charge in [0.2, 0.25) is 0 Å². The van der Waals surface area contributed by atoms with Crippen LogP contribution in [0.2, 0.25) is 0 Å². The van der Waals surface area contributed by atoms with E-state index >= 15 is 0 Å². The van der Waals surface area contributed by atoms with Gasteiger partial charge in [0.15, 0.2) is 6.10 Å². The molecule has 1 atom stereocenters. The predicted octanol–water partition coefficient (Wildman–Crippen LogP) is 10.2. The first-order valence-electron chi connectivity index (χ1n) is 17.9. The summed E-state index contributed by atoms with van der Waals surface area (Å²) in [5, 5.41) is 0. The lowest BCUT2D eigenvalue weighted by atomic mass is 9.80. The summed E-state index contributed by atoms with van der Waals surface area (Å²) in [4.78, 5) is 12.9. The maximum Gasteiger partial charge on any atom is 0.337 e. The van der Waals surface area contributed by atoms with E-state index in [1.165, 1.54) is 84.2 Å². The Labute approximate surface area is 289 Å². The van der Waals surface area contributed by atoms with E-state index in [1.807, 2.05) is 84.9 Å². The number of ether oxygens (including phenoxy) is 5.